The first kappa shape index (κ1) is 21.3. The van der Waals surface area contributed by atoms with Gasteiger partial charge < -0.3 is 14.7 Å². The molecule has 3 aromatic rings. The van der Waals surface area contributed by atoms with Crippen LogP contribution >= 0.6 is 0 Å². The molecular weight excluding hydrogens is 386 g/mol. The van der Waals surface area contributed by atoms with Crippen LogP contribution in [0.1, 0.15) is 29.0 Å². The fourth-order valence-corrected chi connectivity index (χ4v) is 4.24. The van der Waals surface area contributed by atoms with Crippen molar-refractivity contribution in [3.05, 3.63) is 108 Å². The van der Waals surface area contributed by atoms with E-state index in [-0.39, 0.29) is 30.6 Å². The summed E-state index contributed by atoms with van der Waals surface area (Å²) in [5.41, 5.74) is 3.22. The molecule has 0 spiro atoms. The van der Waals surface area contributed by atoms with Crippen molar-refractivity contribution in [2.75, 3.05) is 19.8 Å². The smallest absolute Gasteiger partial charge is 0.235 e. The van der Waals surface area contributed by atoms with Crippen molar-refractivity contribution in [2.45, 2.75) is 30.9 Å². The minimum absolute atomic E-state index is 0.0144. The van der Waals surface area contributed by atoms with Crippen LogP contribution in [0.5, 0.6) is 0 Å². The van der Waals surface area contributed by atoms with Gasteiger partial charge in [0.05, 0.1) is 24.7 Å². The number of rotatable bonds is 9. The predicted octanol–water partition coefficient (Wildman–Crippen LogP) is 4.04. The highest BCUT2D eigenvalue weighted by molar-refractivity contribution is 5.88. The largest absolute Gasteiger partial charge is 0.394 e. The number of benzene rings is 3. The van der Waals surface area contributed by atoms with Gasteiger partial charge in [-0.15, -0.1) is 0 Å². The van der Waals surface area contributed by atoms with Crippen molar-refractivity contribution in [2.24, 2.45) is 0 Å². The van der Waals surface area contributed by atoms with Gasteiger partial charge in [-0.25, -0.2) is 0 Å². The fourth-order valence-electron chi connectivity index (χ4n) is 4.24. The molecule has 31 heavy (non-hydrogen) atoms. The number of aliphatic hydroxyl groups is 1. The van der Waals surface area contributed by atoms with Crippen LogP contribution in [0.25, 0.3) is 0 Å². The zero-order valence-corrected chi connectivity index (χ0v) is 17.6. The number of amides is 1. The molecule has 0 bridgehead atoms. The van der Waals surface area contributed by atoms with Crippen molar-refractivity contribution in [3.63, 3.8) is 0 Å². The quantitative estimate of drug-likeness (QED) is 0.537. The molecule has 1 N–H and O–H groups in total. The van der Waals surface area contributed by atoms with E-state index in [1.807, 2.05) is 78.9 Å². The summed E-state index contributed by atoms with van der Waals surface area (Å²) in [6.07, 6.45) is 1.77. The van der Waals surface area contributed by atoms with Gasteiger partial charge in [0.25, 0.3) is 0 Å². The molecule has 4 nitrogen and oxygen atoms in total. The minimum Gasteiger partial charge on any atom is -0.394 e. The van der Waals surface area contributed by atoms with Crippen molar-refractivity contribution in [3.8, 4) is 0 Å². The Morgan fingerprint density at radius 1 is 0.903 bits per heavy atom. The number of nitrogens with zero attached hydrogens (tertiary/aromatic N) is 1. The minimum atomic E-state index is -0.379. The molecule has 1 amide bonds. The molecule has 1 aliphatic heterocycles. The molecule has 4 heteroatoms. The molecule has 0 unspecified atom stereocenters. The van der Waals surface area contributed by atoms with Gasteiger partial charge in [0.1, 0.15) is 0 Å². The summed E-state index contributed by atoms with van der Waals surface area (Å²) in [6, 6.07) is 29.7. The van der Waals surface area contributed by atoms with Crippen LogP contribution in [0, 0.1) is 0 Å². The van der Waals surface area contributed by atoms with Crippen LogP contribution in [-0.2, 0) is 16.0 Å². The number of likely N-dealkylation sites (tertiary alicyclic amines) is 1. The average Bonchev–Trinajstić information content (AvgIpc) is 2.80. The maximum atomic E-state index is 13.5. The molecule has 1 aliphatic rings. The molecule has 4 rings (SSSR count). The number of carbonyl (C=O) groups excluding carboxylic acids is 1. The van der Waals surface area contributed by atoms with Gasteiger partial charge in [-0.05, 0) is 29.5 Å². The second-order valence-electron chi connectivity index (χ2n) is 7.99. The maximum Gasteiger partial charge on any atom is 0.235 e. The molecule has 1 saturated heterocycles. The Balaban J connectivity index is 1.38. The zero-order chi connectivity index (χ0) is 21.5. The van der Waals surface area contributed by atoms with Gasteiger partial charge >= 0.3 is 0 Å². The number of hydrogen-bond donors (Lipinski definition) is 1. The van der Waals surface area contributed by atoms with E-state index < -0.39 is 0 Å². The second-order valence-corrected chi connectivity index (χ2v) is 7.99. The molecule has 0 saturated carbocycles. The molecule has 0 radical (unpaired) electrons. The van der Waals surface area contributed by atoms with Crippen molar-refractivity contribution in [1.82, 2.24) is 4.90 Å². The highest BCUT2D eigenvalue weighted by Gasteiger charge is 2.44. The molecule has 1 fully saturated rings. The highest BCUT2D eigenvalue weighted by Crippen LogP contribution is 2.32. The van der Waals surface area contributed by atoms with E-state index >= 15 is 0 Å². The number of hydrogen-bond acceptors (Lipinski definition) is 3. The van der Waals surface area contributed by atoms with Crippen molar-refractivity contribution in [1.29, 1.82) is 0 Å². The summed E-state index contributed by atoms with van der Waals surface area (Å²) in [4.78, 5) is 15.3. The van der Waals surface area contributed by atoms with Gasteiger partial charge in [0.2, 0.25) is 5.91 Å². The predicted molar refractivity (Wildman–Crippen MR) is 122 cm³/mol. The number of aliphatic hydroxyl groups excluding tert-OH is 1. The van der Waals surface area contributed by atoms with Crippen LogP contribution in [0.4, 0.5) is 0 Å². The van der Waals surface area contributed by atoms with E-state index in [1.165, 1.54) is 5.56 Å². The molecule has 0 aliphatic carbocycles. The first-order valence-electron chi connectivity index (χ1n) is 10.9. The monoisotopic (exact) mass is 415 g/mol. The summed E-state index contributed by atoms with van der Waals surface area (Å²) in [5.74, 6) is -0.365. The normalized spacial score (nSPS) is 18.1. The zero-order valence-electron chi connectivity index (χ0n) is 17.6. The molecule has 160 valence electrons. The van der Waals surface area contributed by atoms with Crippen LogP contribution in [0.2, 0.25) is 0 Å². The van der Waals surface area contributed by atoms with Crippen molar-refractivity contribution >= 4 is 5.91 Å². The summed E-state index contributed by atoms with van der Waals surface area (Å²) in [5, 5.41) is 9.96. The third-order valence-electron chi connectivity index (χ3n) is 5.97. The first-order chi connectivity index (χ1) is 15.3. The number of ether oxygens (including phenoxy) is 1. The average molecular weight is 416 g/mol. The van der Waals surface area contributed by atoms with Gasteiger partial charge in [0, 0.05) is 13.2 Å². The van der Waals surface area contributed by atoms with E-state index in [0.717, 1.165) is 24.0 Å². The van der Waals surface area contributed by atoms with E-state index in [2.05, 4.69) is 12.1 Å². The van der Waals surface area contributed by atoms with E-state index in [0.29, 0.717) is 13.2 Å². The lowest BCUT2D eigenvalue weighted by Gasteiger charge is -2.48. The Labute approximate surface area is 184 Å². The molecule has 1 heterocycles. The lowest BCUT2D eigenvalue weighted by Crippen LogP contribution is -2.65. The molecular formula is C27H29NO3. The second kappa shape index (κ2) is 10.4. The summed E-state index contributed by atoms with van der Waals surface area (Å²) < 4.78 is 6.02. The van der Waals surface area contributed by atoms with Gasteiger partial charge in [-0.1, -0.05) is 91.0 Å². The van der Waals surface area contributed by atoms with Crippen LogP contribution in [0.3, 0.4) is 0 Å². The van der Waals surface area contributed by atoms with Gasteiger partial charge in [-0.3, -0.25) is 4.79 Å². The SMILES string of the molecule is O=C(C(c1ccccc1)c1ccccc1)N1C[C@@H](OCCCc2ccccc2)[C@H]1CO. The highest BCUT2D eigenvalue weighted by atomic mass is 16.5. The number of carbonyl (C=O) groups is 1. The van der Waals surface area contributed by atoms with E-state index in [4.69, 9.17) is 4.74 Å². The van der Waals surface area contributed by atoms with Gasteiger partial charge in [0.15, 0.2) is 0 Å². The van der Waals surface area contributed by atoms with E-state index in [1.54, 1.807) is 4.90 Å². The van der Waals surface area contributed by atoms with E-state index in [9.17, 15) is 9.90 Å². The Bertz CT molecular complexity index is 906. The molecule has 2 atom stereocenters. The number of aryl methyl sites for hydroxylation is 1. The third-order valence-corrected chi connectivity index (χ3v) is 5.97. The third kappa shape index (κ3) is 5.04. The van der Waals surface area contributed by atoms with Crippen LogP contribution < -0.4 is 0 Å². The first-order valence-corrected chi connectivity index (χ1v) is 10.9. The summed E-state index contributed by atoms with van der Waals surface area (Å²) in [6.45, 7) is 1.05. The lowest BCUT2D eigenvalue weighted by atomic mass is 9.87. The molecule has 3 aromatic carbocycles. The van der Waals surface area contributed by atoms with Gasteiger partial charge in [-0.2, -0.15) is 0 Å². The Kier molecular flexibility index (Phi) is 7.13. The molecule has 0 aromatic heterocycles. The fraction of sp³-hybridized carbons (Fsp3) is 0.296. The summed E-state index contributed by atoms with van der Waals surface area (Å²) in [7, 11) is 0. The standard InChI is InChI=1S/C27H29NO3/c29-20-24-25(31-18-10-13-21-11-4-1-5-12-21)19-28(24)27(30)26(22-14-6-2-7-15-22)23-16-8-3-9-17-23/h1-9,11-12,14-17,24-26,29H,10,13,18-20H2/t24-,25-/m1/s1. The Hall–Kier alpha value is -2.95. The Morgan fingerprint density at radius 3 is 2.00 bits per heavy atom. The topological polar surface area (TPSA) is 49.8 Å². The lowest BCUT2D eigenvalue weighted by molar-refractivity contribution is -0.162. The van der Waals surface area contributed by atoms with Crippen molar-refractivity contribution < 1.29 is 14.6 Å². The van der Waals surface area contributed by atoms with Crippen LogP contribution in [0.15, 0.2) is 91.0 Å². The van der Waals surface area contributed by atoms with Crippen LogP contribution in [-0.4, -0.2) is 47.8 Å². The summed E-state index contributed by atoms with van der Waals surface area (Å²) >= 11 is 0. The maximum absolute atomic E-state index is 13.5. The Morgan fingerprint density at radius 2 is 1.45 bits per heavy atom.